The van der Waals surface area contributed by atoms with E-state index in [2.05, 4.69) is 10.4 Å². The van der Waals surface area contributed by atoms with Gasteiger partial charge in [0, 0.05) is 5.69 Å². The van der Waals surface area contributed by atoms with Gasteiger partial charge in [-0.25, -0.2) is 8.42 Å². The Kier molecular flexibility index (Phi) is 4.59. The summed E-state index contributed by atoms with van der Waals surface area (Å²) >= 11 is 12.0. The molecule has 1 atom stereocenters. The molecule has 1 unspecified atom stereocenters. The van der Waals surface area contributed by atoms with Crippen LogP contribution in [-0.2, 0) is 9.84 Å². The molecule has 2 heterocycles. The van der Waals surface area contributed by atoms with E-state index in [1.165, 1.54) is 0 Å². The standard InChI is InChI=1S/C15H15Cl2N3O3S/c1-9-7-13(19-20(9)10-5-6-24(22,23)8-10)15(21)18-12-4-2-3-11(16)14(12)17/h2-4,7,10H,5-6,8H2,1H3,(H,18,21). The number of halogens is 2. The SMILES string of the molecule is Cc1cc(C(=O)Nc2cccc(Cl)c2Cl)nn1C1CCS(=O)(=O)C1. The largest absolute Gasteiger partial charge is 0.319 e. The van der Waals surface area contributed by atoms with E-state index >= 15 is 0 Å². The van der Waals surface area contributed by atoms with Crippen LogP contribution in [0.4, 0.5) is 5.69 Å². The Morgan fingerprint density at radius 3 is 2.79 bits per heavy atom. The normalized spacial score (nSPS) is 19.4. The molecule has 6 nitrogen and oxygen atoms in total. The van der Waals surface area contributed by atoms with E-state index in [0.717, 1.165) is 5.69 Å². The molecule has 1 aliphatic heterocycles. The van der Waals surface area contributed by atoms with Crippen LogP contribution in [0.15, 0.2) is 24.3 Å². The third-order valence-corrected chi connectivity index (χ3v) is 6.48. The van der Waals surface area contributed by atoms with E-state index in [0.29, 0.717) is 17.1 Å². The van der Waals surface area contributed by atoms with E-state index in [9.17, 15) is 13.2 Å². The maximum atomic E-state index is 12.4. The molecule has 1 amide bonds. The fraction of sp³-hybridized carbons (Fsp3) is 0.333. The van der Waals surface area contributed by atoms with Crippen LogP contribution in [0, 0.1) is 6.92 Å². The van der Waals surface area contributed by atoms with Crippen LogP contribution in [0.2, 0.25) is 10.0 Å². The molecule has 3 rings (SSSR count). The predicted molar refractivity (Wildman–Crippen MR) is 93.7 cm³/mol. The minimum absolute atomic E-state index is 0.0523. The summed E-state index contributed by atoms with van der Waals surface area (Å²) in [4.78, 5) is 12.4. The lowest BCUT2D eigenvalue weighted by Gasteiger charge is -2.10. The zero-order chi connectivity index (χ0) is 17.5. The Bertz CT molecular complexity index is 909. The monoisotopic (exact) mass is 387 g/mol. The average Bonchev–Trinajstić information content (AvgIpc) is 3.06. The number of sulfone groups is 1. The van der Waals surface area contributed by atoms with Crippen molar-refractivity contribution in [3.8, 4) is 0 Å². The van der Waals surface area contributed by atoms with Crippen molar-refractivity contribution in [1.82, 2.24) is 9.78 Å². The lowest BCUT2D eigenvalue weighted by Crippen LogP contribution is -2.16. The highest BCUT2D eigenvalue weighted by atomic mass is 35.5. The van der Waals surface area contributed by atoms with Crippen molar-refractivity contribution in [1.29, 1.82) is 0 Å². The second kappa shape index (κ2) is 6.38. The number of benzene rings is 1. The summed E-state index contributed by atoms with van der Waals surface area (Å²) in [5.41, 5.74) is 1.33. The predicted octanol–water partition coefficient (Wildman–Crippen LogP) is 3.11. The number of anilines is 1. The summed E-state index contributed by atoms with van der Waals surface area (Å²) in [5.74, 6) is -0.227. The quantitative estimate of drug-likeness (QED) is 0.876. The Hall–Kier alpha value is -1.57. The van der Waals surface area contributed by atoms with Crippen molar-refractivity contribution in [2.45, 2.75) is 19.4 Å². The van der Waals surface area contributed by atoms with Crippen LogP contribution < -0.4 is 5.32 Å². The first kappa shape index (κ1) is 17.3. The zero-order valence-electron chi connectivity index (χ0n) is 12.8. The number of nitrogens with zero attached hydrogens (tertiary/aromatic N) is 2. The maximum Gasteiger partial charge on any atom is 0.276 e. The number of hydrogen-bond acceptors (Lipinski definition) is 4. The number of hydrogen-bond donors (Lipinski definition) is 1. The highest BCUT2D eigenvalue weighted by Gasteiger charge is 2.31. The second-order valence-corrected chi connectivity index (χ2v) is 8.74. The number of carbonyl (C=O) groups excluding carboxylic acids is 1. The van der Waals surface area contributed by atoms with Crippen molar-refractivity contribution in [3.05, 3.63) is 45.7 Å². The van der Waals surface area contributed by atoms with Gasteiger partial charge in [-0.05, 0) is 31.5 Å². The molecule has 0 aliphatic carbocycles. The van der Waals surface area contributed by atoms with E-state index in [-0.39, 0.29) is 28.3 Å². The molecule has 0 bridgehead atoms. The molecular formula is C15H15Cl2N3O3S. The van der Waals surface area contributed by atoms with Gasteiger partial charge in [0.2, 0.25) is 0 Å². The molecule has 1 N–H and O–H groups in total. The Balaban J connectivity index is 1.82. The number of nitrogens with one attached hydrogen (secondary N) is 1. The smallest absolute Gasteiger partial charge is 0.276 e. The van der Waals surface area contributed by atoms with Gasteiger partial charge in [0.05, 0.1) is 33.3 Å². The first-order valence-electron chi connectivity index (χ1n) is 7.29. The summed E-state index contributed by atoms with van der Waals surface area (Å²) in [6, 6.07) is 6.33. The number of aromatic nitrogens is 2. The lowest BCUT2D eigenvalue weighted by atomic mass is 10.2. The first-order chi connectivity index (χ1) is 11.3. The van der Waals surface area contributed by atoms with Crippen molar-refractivity contribution in [3.63, 3.8) is 0 Å². The summed E-state index contributed by atoms with van der Waals surface area (Å²) in [6.07, 6.45) is 0.506. The molecular weight excluding hydrogens is 373 g/mol. The van der Waals surface area contributed by atoms with E-state index in [4.69, 9.17) is 23.2 Å². The molecule has 128 valence electrons. The molecule has 1 aliphatic rings. The summed E-state index contributed by atoms with van der Waals surface area (Å²) in [7, 11) is -3.02. The van der Waals surface area contributed by atoms with Crippen LogP contribution in [0.5, 0.6) is 0 Å². The molecule has 9 heteroatoms. The summed E-state index contributed by atoms with van der Waals surface area (Å²) in [5, 5.41) is 7.53. The van der Waals surface area contributed by atoms with Gasteiger partial charge in [-0.15, -0.1) is 0 Å². The summed E-state index contributed by atoms with van der Waals surface area (Å²) < 4.78 is 24.9. The molecule has 1 saturated heterocycles. The Morgan fingerprint density at radius 2 is 2.12 bits per heavy atom. The van der Waals surface area contributed by atoms with E-state index < -0.39 is 15.7 Å². The van der Waals surface area contributed by atoms with Crippen molar-refractivity contribution in [2.24, 2.45) is 0 Å². The fourth-order valence-electron chi connectivity index (χ4n) is 2.72. The van der Waals surface area contributed by atoms with Gasteiger partial charge in [-0.2, -0.15) is 5.10 Å². The third-order valence-electron chi connectivity index (χ3n) is 3.91. The minimum Gasteiger partial charge on any atom is -0.319 e. The van der Waals surface area contributed by atoms with Gasteiger partial charge >= 0.3 is 0 Å². The highest BCUT2D eigenvalue weighted by molar-refractivity contribution is 7.91. The molecule has 0 radical (unpaired) electrons. The van der Waals surface area contributed by atoms with E-state index in [1.54, 1.807) is 35.9 Å². The third kappa shape index (κ3) is 3.43. The van der Waals surface area contributed by atoms with Crippen LogP contribution in [0.25, 0.3) is 0 Å². The van der Waals surface area contributed by atoms with E-state index in [1.807, 2.05) is 0 Å². The number of aryl methyl sites for hydroxylation is 1. The van der Waals surface area contributed by atoms with Gasteiger partial charge in [-0.3, -0.25) is 9.48 Å². The molecule has 1 aromatic carbocycles. The number of rotatable bonds is 3. The molecule has 0 saturated carbocycles. The summed E-state index contributed by atoms with van der Waals surface area (Å²) in [6.45, 7) is 1.79. The van der Waals surface area contributed by atoms with Crippen LogP contribution in [-0.4, -0.2) is 35.6 Å². The lowest BCUT2D eigenvalue weighted by molar-refractivity contribution is 0.102. The maximum absolute atomic E-state index is 12.4. The molecule has 1 fully saturated rings. The van der Waals surface area contributed by atoms with Crippen molar-refractivity contribution >= 4 is 44.6 Å². The van der Waals surface area contributed by atoms with Gasteiger partial charge < -0.3 is 5.32 Å². The van der Waals surface area contributed by atoms with Gasteiger partial charge in [0.25, 0.3) is 5.91 Å². The van der Waals surface area contributed by atoms with Gasteiger partial charge in [0.1, 0.15) is 0 Å². The number of amides is 1. The van der Waals surface area contributed by atoms with Gasteiger partial charge in [0.15, 0.2) is 15.5 Å². The fourth-order valence-corrected chi connectivity index (χ4v) is 4.76. The van der Waals surface area contributed by atoms with Gasteiger partial charge in [-0.1, -0.05) is 29.3 Å². The first-order valence-corrected chi connectivity index (χ1v) is 9.86. The Labute approximate surface area is 149 Å². The minimum atomic E-state index is -3.02. The van der Waals surface area contributed by atoms with Crippen LogP contribution in [0.1, 0.15) is 28.6 Å². The van der Waals surface area contributed by atoms with Crippen molar-refractivity contribution in [2.75, 3.05) is 16.8 Å². The molecule has 0 spiro atoms. The zero-order valence-corrected chi connectivity index (χ0v) is 15.1. The molecule has 2 aromatic rings. The second-order valence-electron chi connectivity index (χ2n) is 5.73. The van der Waals surface area contributed by atoms with Crippen LogP contribution >= 0.6 is 23.2 Å². The topological polar surface area (TPSA) is 81.1 Å². The van der Waals surface area contributed by atoms with Crippen LogP contribution in [0.3, 0.4) is 0 Å². The molecule has 1 aromatic heterocycles. The van der Waals surface area contributed by atoms with Crippen molar-refractivity contribution < 1.29 is 13.2 Å². The highest BCUT2D eigenvalue weighted by Crippen LogP contribution is 2.30. The number of carbonyl (C=O) groups is 1. The average molecular weight is 388 g/mol. The Morgan fingerprint density at radius 1 is 1.38 bits per heavy atom. The molecule has 24 heavy (non-hydrogen) atoms.